The number of rotatable bonds is 26. The van der Waals surface area contributed by atoms with Crippen LogP contribution >= 0.6 is 0 Å². The summed E-state index contributed by atoms with van der Waals surface area (Å²) in [6.45, 7) is 7.76. The fourth-order valence-electron chi connectivity index (χ4n) is 7.93. The number of hydrogen-bond acceptors (Lipinski definition) is 13. The van der Waals surface area contributed by atoms with Gasteiger partial charge in [0.2, 0.25) is 21.7 Å². The van der Waals surface area contributed by atoms with Crippen molar-refractivity contribution >= 4 is 62.1 Å². The highest BCUT2D eigenvalue weighted by Gasteiger charge is 2.45. The van der Waals surface area contributed by atoms with Crippen LogP contribution in [0.2, 0.25) is 0 Å². The number of halogens is 2. The maximum absolute atomic E-state index is 15.5. The van der Waals surface area contributed by atoms with Gasteiger partial charge in [-0.25, -0.2) is 22.2 Å². The van der Waals surface area contributed by atoms with Gasteiger partial charge in [-0.2, -0.15) is 0 Å². The Morgan fingerprint density at radius 2 is 1.57 bits per heavy atom. The Balaban J connectivity index is 0.733. The number of carbonyl (C=O) groups is 6. The average molecular weight is 1010 g/mol. The molecule has 1 fully saturated rings. The van der Waals surface area contributed by atoms with Crippen LogP contribution in [0.4, 0.5) is 14.5 Å². The van der Waals surface area contributed by atoms with E-state index in [4.69, 9.17) is 18.9 Å². The zero-order valence-corrected chi connectivity index (χ0v) is 40.1. The zero-order valence-electron chi connectivity index (χ0n) is 39.3. The van der Waals surface area contributed by atoms with Crippen molar-refractivity contribution in [3.05, 3.63) is 125 Å². The summed E-state index contributed by atoms with van der Waals surface area (Å²) in [5.74, 6) is -6.17. The number of amides is 5. The first-order valence-electron chi connectivity index (χ1n) is 23.2. The van der Waals surface area contributed by atoms with Gasteiger partial charge in [0.15, 0.2) is 12.4 Å². The molecule has 2 aliphatic rings. The smallest absolute Gasteiger partial charge is 0.266 e. The molecule has 0 spiro atoms. The second-order valence-corrected chi connectivity index (χ2v) is 18.5. The maximum atomic E-state index is 15.5. The molecule has 2 aromatic heterocycles. The Bertz CT molecular complexity index is 2980. The summed E-state index contributed by atoms with van der Waals surface area (Å²) >= 11 is 0. The Morgan fingerprint density at radius 3 is 2.26 bits per heavy atom. The predicted octanol–water partition coefficient (Wildman–Crippen LogP) is 5.03. The van der Waals surface area contributed by atoms with Crippen molar-refractivity contribution in [1.29, 1.82) is 0 Å². The number of aromatic amines is 1. The number of ether oxygens (including phenoxy) is 4. The number of sulfonamides is 1. The van der Waals surface area contributed by atoms with Gasteiger partial charge in [-0.05, 0) is 80.1 Å². The summed E-state index contributed by atoms with van der Waals surface area (Å²) in [5, 5.41) is 8.43. The molecular formula is C50H53F2N7O12S. The molecule has 19 nitrogen and oxygen atoms in total. The Morgan fingerprint density at radius 1 is 0.875 bits per heavy atom. The molecule has 0 aliphatic carbocycles. The fraction of sp³-hybridized carbons (Fsp3) is 0.340. The minimum Gasteiger partial charge on any atom is -0.483 e. The number of piperidine rings is 1. The summed E-state index contributed by atoms with van der Waals surface area (Å²) in [6.07, 6.45) is 4.87. The van der Waals surface area contributed by atoms with Crippen LogP contribution < -0.4 is 25.4 Å². The number of hydrogen-bond donors (Lipinski definition) is 5. The van der Waals surface area contributed by atoms with Crippen LogP contribution in [0.25, 0.3) is 22.2 Å². The number of nitrogens with zero attached hydrogens (tertiary/aromatic N) is 2. The van der Waals surface area contributed by atoms with Gasteiger partial charge in [0, 0.05) is 66.5 Å². The minimum absolute atomic E-state index is 0.0161. The molecule has 5 N–H and O–H groups in total. The van der Waals surface area contributed by atoms with Crippen LogP contribution in [-0.2, 0) is 33.8 Å². The molecule has 0 bridgehead atoms. The highest BCUT2D eigenvalue weighted by atomic mass is 32.2. The number of fused-ring (bicyclic) bond motifs is 2. The molecule has 5 aromatic rings. The molecule has 380 valence electrons. The summed E-state index contributed by atoms with van der Waals surface area (Å²) in [7, 11) is -3.92. The first kappa shape index (κ1) is 52.4. The second kappa shape index (κ2) is 24.1. The average Bonchev–Trinajstić information content (AvgIpc) is 3.90. The number of aromatic nitrogens is 2. The minimum atomic E-state index is -3.92. The van der Waals surface area contributed by atoms with Crippen molar-refractivity contribution in [2.45, 2.75) is 45.1 Å². The van der Waals surface area contributed by atoms with Crippen molar-refractivity contribution in [2.75, 3.05) is 69.8 Å². The molecule has 4 heterocycles. The maximum Gasteiger partial charge on any atom is 0.266 e. The van der Waals surface area contributed by atoms with Crippen molar-refractivity contribution in [1.82, 2.24) is 30.8 Å². The van der Waals surface area contributed by atoms with E-state index in [-0.39, 0.29) is 64.6 Å². The molecule has 5 amide bonds. The number of pyridine rings is 1. The fourth-order valence-corrected chi connectivity index (χ4v) is 9.06. The third-order valence-electron chi connectivity index (χ3n) is 11.5. The lowest BCUT2D eigenvalue weighted by molar-refractivity contribution is -0.125. The molecule has 3 aromatic carbocycles. The van der Waals surface area contributed by atoms with E-state index >= 15 is 4.39 Å². The third kappa shape index (κ3) is 12.7. The van der Waals surface area contributed by atoms with Gasteiger partial charge in [0.25, 0.3) is 23.6 Å². The zero-order chi connectivity index (χ0) is 51.4. The van der Waals surface area contributed by atoms with Gasteiger partial charge in [-0.1, -0.05) is 31.7 Å². The second-order valence-electron chi connectivity index (χ2n) is 16.7. The van der Waals surface area contributed by atoms with Crippen LogP contribution in [0.3, 0.4) is 0 Å². The molecule has 7 rings (SSSR count). The molecular weight excluding hydrogens is 961 g/mol. The number of nitrogens with one attached hydrogen (secondary N) is 5. The van der Waals surface area contributed by atoms with Crippen LogP contribution in [0.5, 0.6) is 5.75 Å². The molecule has 1 unspecified atom stereocenters. The molecule has 0 radical (unpaired) electrons. The molecule has 72 heavy (non-hydrogen) atoms. The third-order valence-corrected chi connectivity index (χ3v) is 13.0. The summed E-state index contributed by atoms with van der Waals surface area (Å²) in [4.78, 5) is 85.7. The van der Waals surface area contributed by atoms with E-state index in [1.165, 1.54) is 18.3 Å². The largest absolute Gasteiger partial charge is 0.483 e. The Labute approximate surface area is 413 Å². The van der Waals surface area contributed by atoms with E-state index in [2.05, 4.69) is 37.2 Å². The van der Waals surface area contributed by atoms with Crippen molar-refractivity contribution in [2.24, 2.45) is 0 Å². The van der Waals surface area contributed by atoms with Crippen molar-refractivity contribution in [3.8, 4) is 16.9 Å². The number of benzene rings is 3. The van der Waals surface area contributed by atoms with Crippen LogP contribution in [0, 0.1) is 11.6 Å². The number of ketones is 1. The van der Waals surface area contributed by atoms with Gasteiger partial charge < -0.3 is 39.9 Å². The van der Waals surface area contributed by atoms with Crippen LogP contribution in [-0.4, -0.2) is 130 Å². The van der Waals surface area contributed by atoms with E-state index in [0.29, 0.717) is 94.4 Å². The number of allylic oxidation sites excluding steroid dienone is 1. The SMILES string of the molecule is C=C1CCC(N2C(=O)c3cccc(OCC(=O)NCCCOCCOCCOCCCNC(=O)c4ccc(-c5cnc6[nH]cc(C(=O)c7c(F)ccc(NS(=O)(=O)CCC)c7F)c6c5)cc4)c3C2=O)C(=O)N1. The number of H-pyrrole nitrogens is 1. The quantitative estimate of drug-likeness (QED) is 0.0277. The topological polar surface area (TPSA) is 254 Å². The summed E-state index contributed by atoms with van der Waals surface area (Å²) in [5.41, 5.74) is 1.01. The number of anilines is 1. The normalized spacial score (nSPS) is 14.6. The van der Waals surface area contributed by atoms with Crippen LogP contribution in [0.15, 0.2) is 85.3 Å². The van der Waals surface area contributed by atoms with E-state index in [1.54, 1.807) is 49.5 Å². The highest BCUT2D eigenvalue weighted by molar-refractivity contribution is 7.92. The monoisotopic (exact) mass is 1010 g/mol. The highest BCUT2D eigenvalue weighted by Crippen LogP contribution is 2.34. The summed E-state index contributed by atoms with van der Waals surface area (Å²) in [6, 6.07) is 13.6. The van der Waals surface area contributed by atoms with Gasteiger partial charge in [0.05, 0.1) is 54.6 Å². The van der Waals surface area contributed by atoms with E-state index < -0.39 is 68.4 Å². The lowest BCUT2D eigenvalue weighted by atomic mass is 9.99. The van der Waals surface area contributed by atoms with E-state index in [0.717, 1.165) is 17.0 Å². The van der Waals surface area contributed by atoms with E-state index in [9.17, 15) is 41.6 Å². The Hall–Kier alpha value is -7.40. The van der Waals surface area contributed by atoms with Gasteiger partial charge in [-0.15, -0.1) is 0 Å². The van der Waals surface area contributed by atoms with Crippen molar-refractivity contribution in [3.63, 3.8) is 0 Å². The lowest BCUT2D eigenvalue weighted by Gasteiger charge is -2.29. The van der Waals surface area contributed by atoms with Gasteiger partial charge in [0.1, 0.15) is 23.3 Å². The number of imide groups is 1. The Kier molecular flexibility index (Phi) is 17.6. The van der Waals surface area contributed by atoms with Gasteiger partial charge >= 0.3 is 0 Å². The molecule has 22 heteroatoms. The summed E-state index contributed by atoms with van der Waals surface area (Å²) < 4.78 is 79.3. The first-order valence-corrected chi connectivity index (χ1v) is 24.8. The standard InChI is InChI=1S/C50H53F2N7O12S/c1-3-25-72(66,67)58-38-15-14-37(51)43(44(38)52)45(61)36-28-56-46-35(36)26-33(27-55-46)31-10-12-32(13-11-31)47(62)54-18-6-20-69-22-24-70-23-21-68-19-5-17-53-41(60)29-71-40-8-4-7-34-42(40)50(65)59(49(34)64)39-16-9-30(2)57-48(39)63/h4,7-8,10-15,26-28,39,58H,2-3,5-6,9,16-25,29H2,1H3,(H,53,60)(H,54,62)(H,55,56)(H,57,63). The van der Waals surface area contributed by atoms with Crippen molar-refractivity contribution < 1.29 is 64.9 Å². The first-order chi connectivity index (χ1) is 34.7. The molecule has 1 saturated heterocycles. The van der Waals surface area contributed by atoms with E-state index in [1.807, 2.05) is 0 Å². The molecule has 1 atom stereocenters. The van der Waals surface area contributed by atoms with Gasteiger partial charge in [-0.3, -0.25) is 38.4 Å². The number of carbonyl (C=O) groups excluding carboxylic acids is 6. The lowest BCUT2D eigenvalue weighted by Crippen LogP contribution is -2.51. The molecule has 2 aliphatic heterocycles. The molecule has 0 saturated carbocycles. The predicted molar refractivity (Wildman–Crippen MR) is 259 cm³/mol. The van der Waals surface area contributed by atoms with Crippen LogP contribution in [0.1, 0.15) is 86.0 Å².